The number of thiazole rings is 1. The molecule has 0 aliphatic rings. The third-order valence-electron chi connectivity index (χ3n) is 4.13. The highest BCUT2D eigenvalue weighted by Crippen LogP contribution is 2.29. The molecule has 3 rings (SSSR count). The maximum atomic E-state index is 12.8. The number of carbonyl (C=O) groups excluding carboxylic acids is 1. The van der Waals surface area contributed by atoms with Crippen LogP contribution in [0, 0.1) is 6.92 Å². The first-order valence-electron chi connectivity index (χ1n) is 7.67. The van der Waals surface area contributed by atoms with Crippen molar-refractivity contribution in [3.8, 4) is 0 Å². The Kier molecular flexibility index (Phi) is 4.17. The van der Waals surface area contributed by atoms with Crippen LogP contribution < -0.4 is 0 Å². The summed E-state index contributed by atoms with van der Waals surface area (Å²) in [5.41, 5.74) is 3.42. The van der Waals surface area contributed by atoms with E-state index in [-0.39, 0.29) is 11.9 Å². The average Bonchev–Trinajstić information content (AvgIpc) is 3.17. The quantitative estimate of drug-likeness (QED) is 0.794. The summed E-state index contributed by atoms with van der Waals surface area (Å²) in [7, 11) is 1.84. The molecule has 1 amide bonds. The van der Waals surface area contributed by atoms with Crippen molar-refractivity contribution in [2.45, 2.75) is 33.2 Å². The summed E-state index contributed by atoms with van der Waals surface area (Å²) in [5.74, 6) is -0.000140. The lowest BCUT2D eigenvalue weighted by Gasteiger charge is -2.24. The van der Waals surface area contributed by atoms with Gasteiger partial charge in [-0.15, -0.1) is 11.3 Å². The number of aromatic nitrogens is 3. The van der Waals surface area contributed by atoms with E-state index in [1.54, 1.807) is 22.6 Å². The molecule has 2 heterocycles. The highest BCUT2D eigenvalue weighted by Gasteiger charge is 2.23. The fraction of sp³-hybridized carbons (Fsp3) is 0.353. The van der Waals surface area contributed by atoms with Crippen LogP contribution in [0.1, 0.15) is 45.8 Å². The molecule has 1 aromatic carbocycles. The molecule has 1 N–H and O–H groups in total. The second-order valence-electron chi connectivity index (χ2n) is 5.64. The number of imidazole rings is 1. The summed E-state index contributed by atoms with van der Waals surface area (Å²) >= 11 is 1.69. The topological polar surface area (TPSA) is 61.9 Å². The van der Waals surface area contributed by atoms with Gasteiger partial charge in [-0.25, -0.2) is 9.97 Å². The van der Waals surface area contributed by atoms with Gasteiger partial charge in [0, 0.05) is 17.5 Å². The Hall–Kier alpha value is -2.21. The molecule has 120 valence electrons. The Labute approximate surface area is 139 Å². The molecule has 0 radical (unpaired) electrons. The fourth-order valence-electron chi connectivity index (χ4n) is 2.63. The molecule has 2 aromatic heterocycles. The summed E-state index contributed by atoms with van der Waals surface area (Å²) in [6, 6.07) is 5.54. The van der Waals surface area contributed by atoms with Crippen molar-refractivity contribution in [3.63, 3.8) is 0 Å². The molecule has 1 atom stereocenters. The Morgan fingerprint density at radius 3 is 2.91 bits per heavy atom. The number of H-pyrrole nitrogens is 1. The SMILES string of the molecule is CCc1nc(C)c([C@H](C)N(C)C(=O)c2ccc3nc[nH]c3c2)s1. The van der Waals surface area contributed by atoms with Crippen LogP contribution in [0.25, 0.3) is 11.0 Å². The number of amides is 1. The predicted molar refractivity (Wildman–Crippen MR) is 92.8 cm³/mol. The highest BCUT2D eigenvalue weighted by molar-refractivity contribution is 7.11. The maximum Gasteiger partial charge on any atom is 0.254 e. The molecule has 23 heavy (non-hydrogen) atoms. The van der Waals surface area contributed by atoms with E-state index in [0.717, 1.165) is 33.0 Å². The van der Waals surface area contributed by atoms with E-state index in [9.17, 15) is 4.79 Å². The Balaban J connectivity index is 1.86. The van der Waals surface area contributed by atoms with Crippen LogP contribution in [0.15, 0.2) is 24.5 Å². The van der Waals surface area contributed by atoms with Gasteiger partial charge in [0.05, 0.1) is 34.1 Å². The van der Waals surface area contributed by atoms with Crippen LogP contribution in [-0.4, -0.2) is 32.8 Å². The molecule has 5 nitrogen and oxygen atoms in total. The van der Waals surface area contributed by atoms with E-state index in [1.165, 1.54) is 0 Å². The Morgan fingerprint density at radius 2 is 2.22 bits per heavy atom. The lowest BCUT2D eigenvalue weighted by Crippen LogP contribution is -2.29. The van der Waals surface area contributed by atoms with Gasteiger partial charge < -0.3 is 9.88 Å². The van der Waals surface area contributed by atoms with E-state index in [2.05, 4.69) is 21.9 Å². The molecule has 0 aliphatic heterocycles. The van der Waals surface area contributed by atoms with Crippen LogP contribution >= 0.6 is 11.3 Å². The number of fused-ring (bicyclic) bond motifs is 1. The molecule has 0 aliphatic carbocycles. The van der Waals surface area contributed by atoms with Gasteiger partial charge in [-0.3, -0.25) is 4.79 Å². The molecule has 6 heteroatoms. The van der Waals surface area contributed by atoms with E-state index in [1.807, 2.05) is 39.1 Å². The minimum absolute atomic E-state index is 0.000140. The second kappa shape index (κ2) is 6.12. The molecule has 0 saturated heterocycles. The van der Waals surface area contributed by atoms with E-state index in [0.29, 0.717) is 5.56 Å². The van der Waals surface area contributed by atoms with Crippen LogP contribution in [0.2, 0.25) is 0 Å². The van der Waals surface area contributed by atoms with Crippen molar-refractivity contribution in [3.05, 3.63) is 45.7 Å². The Morgan fingerprint density at radius 1 is 1.43 bits per heavy atom. The standard InChI is InChI=1S/C17H20N4OS/c1-5-15-20-10(2)16(23-15)11(3)21(4)17(22)12-6-7-13-14(8-12)19-9-18-13/h6-9,11H,5H2,1-4H3,(H,18,19)/t11-/m0/s1. The summed E-state index contributed by atoms with van der Waals surface area (Å²) < 4.78 is 0. The van der Waals surface area contributed by atoms with Gasteiger partial charge in [0.15, 0.2) is 0 Å². The number of hydrogen-bond donors (Lipinski definition) is 1. The van der Waals surface area contributed by atoms with Crippen molar-refractivity contribution < 1.29 is 4.79 Å². The fourth-order valence-corrected chi connectivity index (χ4v) is 3.73. The van der Waals surface area contributed by atoms with Crippen molar-refractivity contribution in [2.75, 3.05) is 7.05 Å². The number of carbonyl (C=O) groups is 1. The number of nitrogens with zero attached hydrogens (tertiary/aromatic N) is 3. The summed E-state index contributed by atoms with van der Waals surface area (Å²) in [4.78, 5) is 27.5. The first-order valence-corrected chi connectivity index (χ1v) is 8.49. The number of aryl methyl sites for hydroxylation is 2. The minimum Gasteiger partial charge on any atom is -0.345 e. The van der Waals surface area contributed by atoms with Crippen molar-refractivity contribution in [2.24, 2.45) is 0 Å². The van der Waals surface area contributed by atoms with Crippen LogP contribution in [0.5, 0.6) is 0 Å². The van der Waals surface area contributed by atoms with Crippen LogP contribution in [0.3, 0.4) is 0 Å². The number of aromatic amines is 1. The number of nitrogens with one attached hydrogen (secondary N) is 1. The monoisotopic (exact) mass is 328 g/mol. The summed E-state index contributed by atoms with van der Waals surface area (Å²) in [6.45, 7) is 6.16. The van der Waals surface area contributed by atoms with E-state index < -0.39 is 0 Å². The van der Waals surface area contributed by atoms with Gasteiger partial charge in [0.25, 0.3) is 5.91 Å². The first kappa shape index (κ1) is 15.7. The second-order valence-corrected chi connectivity index (χ2v) is 6.75. The van der Waals surface area contributed by atoms with Gasteiger partial charge in [0.2, 0.25) is 0 Å². The number of rotatable bonds is 4. The smallest absolute Gasteiger partial charge is 0.254 e. The van der Waals surface area contributed by atoms with Crippen molar-refractivity contribution in [1.29, 1.82) is 0 Å². The molecule has 0 bridgehead atoms. The molecule has 0 saturated carbocycles. The van der Waals surface area contributed by atoms with Gasteiger partial charge in [-0.05, 0) is 38.5 Å². The van der Waals surface area contributed by atoms with Gasteiger partial charge in [-0.2, -0.15) is 0 Å². The third kappa shape index (κ3) is 2.86. The largest absolute Gasteiger partial charge is 0.345 e. The summed E-state index contributed by atoms with van der Waals surface area (Å²) in [6.07, 6.45) is 2.56. The molecule has 0 fully saturated rings. The molecule has 3 aromatic rings. The minimum atomic E-state index is -0.00207. The predicted octanol–water partition coefficient (Wildman–Crippen LogP) is 3.72. The third-order valence-corrected chi connectivity index (χ3v) is 5.60. The van der Waals surface area contributed by atoms with Gasteiger partial charge in [-0.1, -0.05) is 6.92 Å². The van der Waals surface area contributed by atoms with Crippen LogP contribution in [0.4, 0.5) is 0 Å². The molecule has 0 unspecified atom stereocenters. The molecule has 0 spiro atoms. The summed E-state index contributed by atoms with van der Waals surface area (Å²) in [5, 5.41) is 1.11. The number of benzene rings is 1. The van der Waals surface area contributed by atoms with Crippen molar-refractivity contribution in [1.82, 2.24) is 19.9 Å². The normalized spacial score (nSPS) is 12.5. The lowest BCUT2D eigenvalue weighted by molar-refractivity contribution is 0.0744. The zero-order valence-electron chi connectivity index (χ0n) is 13.8. The Bertz CT molecular complexity index is 851. The van der Waals surface area contributed by atoms with Gasteiger partial charge in [0.1, 0.15) is 0 Å². The molecular weight excluding hydrogens is 308 g/mol. The van der Waals surface area contributed by atoms with Crippen LogP contribution in [-0.2, 0) is 6.42 Å². The van der Waals surface area contributed by atoms with E-state index >= 15 is 0 Å². The average molecular weight is 328 g/mol. The van der Waals surface area contributed by atoms with Gasteiger partial charge >= 0.3 is 0 Å². The van der Waals surface area contributed by atoms with E-state index in [4.69, 9.17) is 0 Å². The van der Waals surface area contributed by atoms with Crippen molar-refractivity contribution >= 4 is 28.3 Å². The molecular formula is C17H20N4OS. The number of hydrogen-bond acceptors (Lipinski definition) is 4. The lowest BCUT2D eigenvalue weighted by atomic mass is 10.1. The first-order chi connectivity index (χ1) is 11.0. The maximum absolute atomic E-state index is 12.8. The highest BCUT2D eigenvalue weighted by atomic mass is 32.1. The zero-order valence-corrected chi connectivity index (χ0v) is 14.6. The zero-order chi connectivity index (χ0) is 16.6.